The van der Waals surface area contributed by atoms with Crippen molar-refractivity contribution < 1.29 is 13.2 Å². The summed E-state index contributed by atoms with van der Waals surface area (Å²) in [4.78, 5) is 35.6. The van der Waals surface area contributed by atoms with Crippen LogP contribution in [0.15, 0.2) is 10.9 Å². The molecule has 10 heteroatoms. The molecule has 0 saturated carbocycles. The zero-order valence-corrected chi connectivity index (χ0v) is 17.5. The van der Waals surface area contributed by atoms with Gasteiger partial charge in [0.1, 0.15) is 0 Å². The molecule has 1 aromatic heterocycles. The number of aromatic amines is 1. The molecule has 9 nitrogen and oxygen atoms in total. The highest BCUT2D eigenvalue weighted by atomic mass is 32.2. The maximum atomic E-state index is 12.9. The van der Waals surface area contributed by atoms with Crippen molar-refractivity contribution in [2.45, 2.75) is 32.1 Å². The Bertz CT molecular complexity index is 874. The van der Waals surface area contributed by atoms with Crippen LogP contribution in [0.25, 0.3) is 0 Å². The molecule has 1 amide bonds. The Morgan fingerprint density at radius 1 is 1.25 bits per heavy atom. The third kappa shape index (κ3) is 4.38. The zero-order chi connectivity index (χ0) is 20.5. The Morgan fingerprint density at radius 3 is 2.54 bits per heavy atom. The molecule has 3 heterocycles. The van der Waals surface area contributed by atoms with E-state index in [4.69, 9.17) is 0 Å². The van der Waals surface area contributed by atoms with E-state index < -0.39 is 10.0 Å². The molecular formula is C18H29N5O4S. The quantitative estimate of drug-likeness (QED) is 0.743. The van der Waals surface area contributed by atoms with Crippen LogP contribution in [0.1, 0.15) is 37.8 Å². The van der Waals surface area contributed by atoms with Crippen molar-refractivity contribution in [3.63, 3.8) is 0 Å². The molecule has 2 fully saturated rings. The third-order valence-corrected chi connectivity index (χ3v) is 7.53. The molecule has 0 spiro atoms. The molecule has 1 unspecified atom stereocenters. The molecule has 0 radical (unpaired) electrons. The summed E-state index contributed by atoms with van der Waals surface area (Å²) in [7, 11) is 0.448. The second kappa shape index (κ2) is 8.20. The standard InChI is InChI=1S/C18H29N5O4S/c1-4-28(26,27)23-9-6-13(7-10-23)17(25)22-8-5-14(12-22)15-11-16(24)20-18(19-15)21(2)3/h11,13-14H,4-10,12H2,1-3H3,(H,19,20,24). The lowest BCUT2D eigenvalue weighted by atomic mass is 9.96. The molecule has 1 aromatic rings. The highest BCUT2D eigenvalue weighted by Gasteiger charge is 2.35. The minimum atomic E-state index is -3.19. The van der Waals surface area contributed by atoms with E-state index in [0.717, 1.165) is 6.42 Å². The largest absolute Gasteiger partial charge is 0.348 e. The van der Waals surface area contributed by atoms with Gasteiger partial charge in [0.05, 0.1) is 11.4 Å². The van der Waals surface area contributed by atoms with E-state index in [2.05, 4.69) is 9.97 Å². The van der Waals surface area contributed by atoms with Gasteiger partial charge >= 0.3 is 0 Å². The number of sulfonamides is 1. The fraction of sp³-hybridized carbons (Fsp3) is 0.722. The summed E-state index contributed by atoms with van der Waals surface area (Å²) in [6, 6.07) is 1.51. The average molecular weight is 412 g/mol. The van der Waals surface area contributed by atoms with Crippen LogP contribution in [-0.4, -0.2) is 79.5 Å². The number of likely N-dealkylation sites (tertiary alicyclic amines) is 1. The normalized spacial score (nSPS) is 21.8. The number of anilines is 1. The highest BCUT2D eigenvalue weighted by Crippen LogP contribution is 2.29. The second-order valence-electron chi connectivity index (χ2n) is 7.73. The molecule has 0 bridgehead atoms. The van der Waals surface area contributed by atoms with Gasteiger partial charge in [0.25, 0.3) is 5.56 Å². The lowest BCUT2D eigenvalue weighted by Crippen LogP contribution is -2.44. The lowest BCUT2D eigenvalue weighted by molar-refractivity contribution is -0.135. The number of amides is 1. The summed E-state index contributed by atoms with van der Waals surface area (Å²) >= 11 is 0. The van der Waals surface area contributed by atoms with Gasteiger partial charge in [0.15, 0.2) is 0 Å². The van der Waals surface area contributed by atoms with Crippen LogP contribution in [0.5, 0.6) is 0 Å². The molecule has 156 valence electrons. The van der Waals surface area contributed by atoms with Crippen LogP contribution in [0.4, 0.5) is 5.95 Å². The van der Waals surface area contributed by atoms with Crippen molar-refractivity contribution in [2.75, 3.05) is 50.9 Å². The lowest BCUT2D eigenvalue weighted by Gasteiger charge is -2.32. The Morgan fingerprint density at radius 2 is 1.93 bits per heavy atom. The topological polar surface area (TPSA) is 107 Å². The highest BCUT2D eigenvalue weighted by molar-refractivity contribution is 7.89. The minimum Gasteiger partial charge on any atom is -0.348 e. The minimum absolute atomic E-state index is 0.0468. The maximum absolute atomic E-state index is 12.9. The number of carbonyl (C=O) groups is 1. The number of piperidine rings is 1. The van der Waals surface area contributed by atoms with E-state index in [1.54, 1.807) is 11.8 Å². The summed E-state index contributed by atoms with van der Waals surface area (Å²) in [5.74, 6) is 0.611. The first-order valence-corrected chi connectivity index (χ1v) is 11.4. The Hall–Kier alpha value is -1.94. The van der Waals surface area contributed by atoms with Crippen LogP contribution in [-0.2, 0) is 14.8 Å². The van der Waals surface area contributed by atoms with Crippen molar-refractivity contribution in [2.24, 2.45) is 5.92 Å². The van der Waals surface area contributed by atoms with Crippen LogP contribution in [0.2, 0.25) is 0 Å². The first-order chi connectivity index (χ1) is 13.2. The molecule has 0 aliphatic carbocycles. The van der Waals surface area contributed by atoms with Gasteiger partial charge in [-0.15, -0.1) is 0 Å². The second-order valence-corrected chi connectivity index (χ2v) is 9.99. The Labute approximate surface area is 165 Å². The number of H-pyrrole nitrogens is 1. The van der Waals surface area contributed by atoms with Gasteiger partial charge in [-0.2, -0.15) is 0 Å². The summed E-state index contributed by atoms with van der Waals surface area (Å²) in [6.45, 7) is 3.65. The molecule has 1 atom stereocenters. The van der Waals surface area contributed by atoms with Crippen molar-refractivity contribution in [3.05, 3.63) is 22.1 Å². The van der Waals surface area contributed by atoms with Gasteiger partial charge in [-0.05, 0) is 26.2 Å². The van der Waals surface area contributed by atoms with E-state index in [1.807, 2.05) is 19.0 Å². The number of rotatable bonds is 5. The maximum Gasteiger partial charge on any atom is 0.252 e. The number of aromatic nitrogens is 2. The van der Waals surface area contributed by atoms with Gasteiger partial charge < -0.3 is 9.80 Å². The van der Waals surface area contributed by atoms with Gasteiger partial charge in [0.2, 0.25) is 21.9 Å². The van der Waals surface area contributed by atoms with E-state index in [0.29, 0.717) is 50.7 Å². The molecule has 2 aliphatic rings. The van der Waals surface area contributed by atoms with E-state index in [9.17, 15) is 18.0 Å². The van der Waals surface area contributed by atoms with Crippen molar-refractivity contribution >= 4 is 21.9 Å². The summed E-state index contributed by atoms with van der Waals surface area (Å²) in [5.41, 5.74) is 0.523. The Kier molecular flexibility index (Phi) is 6.09. The summed E-state index contributed by atoms with van der Waals surface area (Å²) in [6.07, 6.45) is 1.90. The van der Waals surface area contributed by atoms with Crippen LogP contribution in [0, 0.1) is 5.92 Å². The number of hydrogen-bond acceptors (Lipinski definition) is 6. The SMILES string of the molecule is CCS(=O)(=O)N1CCC(C(=O)N2CCC(c3cc(=O)[nH]c(N(C)C)n3)C2)CC1. The summed E-state index contributed by atoms with van der Waals surface area (Å²) in [5, 5.41) is 0. The van der Waals surface area contributed by atoms with Gasteiger partial charge in [-0.25, -0.2) is 17.7 Å². The number of hydrogen-bond donors (Lipinski definition) is 1. The average Bonchev–Trinajstić information content (AvgIpc) is 3.17. The van der Waals surface area contributed by atoms with Crippen molar-refractivity contribution in [1.29, 1.82) is 0 Å². The smallest absolute Gasteiger partial charge is 0.252 e. The summed E-state index contributed by atoms with van der Waals surface area (Å²) < 4.78 is 25.5. The van der Waals surface area contributed by atoms with E-state index in [-0.39, 0.29) is 29.1 Å². The molecule has 0 aromatic carbocycles. The predicted octanol–water partition coefficient (Wildman–Crippen LogP) is 0.214. The van der Waals surface area contributed by atoms with Crippen LogP contribution >= 0.6 is 0 Å². The van der Waals surface area contributed by atoms with Gasteiger partial charge in [-0.3, -0.25) is 14.6 Å². The molecule has 1 N–H and O–H groups in total. The molecule has 2 aliphatic heterocycles. The van der Waals surface area contributed by atoms with Crippen LogP contribution in [0.3, 0.4) is 0 Å². The van der Waals surface area contributed by atoms with E-state index in [1.165, 1.54) is 10.4 Å². The van der Waals surface area contributed by atoms with Crippen molar-refractivity contribution in [3.8, 4) is 0 Å². The number of carbonyl (C=O) groups excluding carboxylic acids is 1. The third-order valence-electron chi connectivity index (χ3n) is 5.65. The van der Waals surface area contributed by atoms with Crippen molar-refractivity contribution in [1.82, 2.24) is 19.2 Å². The predicted molar refractivity (Wildman–Crippen MR) is 107 cm³/mol. The first-order valence-electron chi connectivity index (χ1n) is 9.76. The number of nitrogens with one attached hydrogen (secondary N) is 1. The fourth-order valence-electron chi connectivity index (χ4n) is 3.91. The monoisotopic (exact) mass is 411 g/mol. The molecule has 2 saturated heterocycles. The first kappa shape index (κ1) is 20.8. The molecule has 3 rings (SSSR count). The molecule has 28 heavy (non-hydrogen) atoms. The van der Waals surface area contributed by atoms with Gasteiger partial charge in [-0.1, -0.05) is 0 Å². The fourth-order valence-corrected chi connectivity index (χ4v) is 5.04. The van der Waals surface area contributed by atoms with Gasteiger partial charge in [0, 0.05) is 58.2 Å². The van der Waals surface area contributed by atoms with Crippen LogP contribution < -0.4 is 10.5 Å². The molecular weight excluding hydrogens is 382 g/mol. The Balaban J connectivity index is 1.62. The zero-order valence-electron chi connectivity index (χ0n) is 16.7. The van der Waals surface area contributed by atoms with E-state index >= 15 is 0 Å². The number of nitrogens with zero attached hydrogens (tertiary/aromatic N) is 4.